The second kappa shape index (κ2) is 12.3. The molecule has 1 amide bonds. The van der Waals surface area contributed by atoms with Crippen molar-refractivity contribution in [2.75, 3.05) is 0 Å². The Hall–Kier alpha value is -0.790. The fourth-order valence-electron chi connectivity index (χ4n) is 1.65. The van der Waals surface area contributed by atoms with Crippen LogP contribution < -0.4 is 5.73 Å². The van der Waals surface area contributed by atoms with Gasteiger partial charge in [-0.3, -0.25) is 4.79 Å². The molecule has 0 aromatic carbocycles. The Labute approximate surface area is 100 Å². The molecule has 0 saturated carbocycles. The van der Waals surface area contributed by atoms with Gasteiger partial charge in [-0.05, 0) is 25.7 Å². The van der Waals surface area contributed by atoms with E-state index in [1.807, 2.05) is 0 Å². The lowest BCUT2D eigenvalue weighted by atomic mass is 10.1. The highest BCUT2D eigenvalue weighted by atomic mass is 16.1. The van der Waals surface area contributed by atoms with E-state index in [4.69, 9.17) is 5.73 Å². The van der Waals surface area contributed by atoms with Gasteiger partial charge in [-0.1, -0.05) is 51.2 Å². The summed E-state index contributed by atoms with van der Waals surface area (Å²) in [6.07, 6.45) is 16.1. The lowest BCUT2D eigenvalue weighted by Gasteiger charge is -1.98. The van der Waals surface area contributed by atoms with Crippen LogP contribution in [0.4, 0.5) is 0 Å². The van der Waals surface area contributed by atoms with Gasteiger partial charge in [0.05, 0.1) is 0 Å². The number of carbonyl (C=O) groups is 1. The first-order chi connectivity index (χ1) is 7.77. The summed E-state index contributed by atoms with van der Waals surface area (Å²) in [5, 5.41) is 0. The molecular formula is C14H27NO. The zero-order valence-electron chi connectivity index (χ0n) is 10.7. The molecule has 2 heteroatoms. The first kappa shape index (κ1) is 15.2. The van der Waals surface area contributed by atoms with Gasteiger partial charge in [0.2, 0.25) is 5.91 Å². The molecule has 0 rings (SSSR count). The molecule has 0 aliphatic heterocycles. The molecule has 0 aromatic heterocycles. The van der Waals surface area contributed by atoms with E-state index in [0.29, 0.717) is 6.42 Å². The second-order valence-corrected chi connectivity index (χ2v) is 4.39. The van der Waals surface area contributed by atoms with Gasteiger partial charge in [0.25, 0.3) is 0 Å². The van der Waals surface area contributed by atoms with Crippen LogP contribution in [0, 0.1) is 0 Å². The van der Waals surface area contributed by atoms with Crippen LogP contribution in [0.3, 0.4) is 0 Å². The molecule has 16 heavy (non-hydrogen) atoms. The van der Waals surface area contributed by atoms with Gasteiger partial charge >= 0.3 is 0 Å². The summed E-state index contributed by atoms with van der Waals surface area (Å²) in [6, 6.07) is 0. The van der Waals surface area contributed by atoms with E-state index in [1.54, 1.807) is 0 Å². The van der Waals surface area contributed by atoms with E-state index >= 15 is 0 Å². The third kappa shape index (κ3) is 13.2. The van der Waals surface area contributed by atoms with E-state index in [2.05, 4.69) is 19.1 Å². The molecular weight excluding hydrogens is 198 g/mol. The molecule has 0 fully saturated rings. The summed E-state index contributed by atoms with van der Waals surface area (Å²) < 4.78 is 0. The number of nitrogens with two attached hydrogens (primary N) is 1. The lowest BCUT2D eigenvalue weighted by molar-refractivity contribution is -0.118. The fourth-order valence-corrected chi connectivity index (χ4v) is 1.65. The van der Waals surface area contributed by atoms with Gasteiger partial charge in [0.15, 0.2) is 0 Å². The van der Waals surface area contributed by atoms with Crippen LogP contribution in [0.25, 0.3) is 0 Å². The van der Waals surface area contributed by atoms with E-state index in [1.165, 1.54) is 44.9 Å². The predicted octanol–water partition coefficient (Wildman–Crippen LogP) is 3.95. The monoisotopic (exact) mass is 225 g/mol. The molecule has 2 N–H and O–H groups in total. The Morgan fingerprint density at radius 3 is 2.12 bits per heavy atom. The molecule has 0 atom stereocenters. The molecule has 2 nitrogen and oxygen atoms in total. The first-order valence-corrected chi connectivity index (χ1v) is 6.70. The van der Waals surface area contributed by atoms with Gasteiger partial charge in [0, 0.05) is 6.42 Å². The molecule has 0 unspecified atom stereocenters. The van der Waals surface area contributed by atoms with Crippen molar-refractivity contribution in [3.63, 3.8) is 0 Å². The Bertz CT molecular complexity index is 187. The molecule has 0 saturated heterocycles. The zero-order chi connectivity index (χ0) is 12.1. The largest absolute Gasteiger partial charge is 0.370 e. The van der Waals surface area contributed by atoms with Crippen molar-refractivity contribution in [2.45, 2.75) is 71.1 Å². The molecule has 0 heterocycles. The van der Waals surface area contributed by atoms with Crippen molar-refractivity contribution < 1.29 is 4.79 Å². The maximum absolute atomic E-state index is 10.5. The highest BCUT2D eigenvalue weighted by Gasteiger charge is 1.94. The Kier molecular flexibility index (Phi) is 11.7. The smallest absolute Gasteiger partial charge is 0.217 e. The Morgan fingerprint density at radius 1 is 0.938 bits per heavy atom. The number of unbranched alkanes of at least 4 members (excludes halogenated alkanes) is 7. The van der Waals surface area contributed by atoms with Gasteiger partial charge < -0.3 is 5.73 Å². The predicted molar refractivity (Wildman–Crippen MR) is 70.2 cm³/mol. The Balaban J connectivity index is 3.03. The van der Waals surface area contributed by atoms with Crippen molar-refractivity contribution in [1.82, 2.24) is 0 Å². The summed E-state index contributed by atoms with van der Waals surface area (Å²) in [5.41, 5.74) is 5.06. The zero-order valence-corrected chi connectivity index (χ0v) is 10.7. The number of amides is 1. The van der Waals surface area contributed by atoms with E-state index in [0.717, 1.165) is 12.8 Å². The minimum absolute atomic E-state index is 0.168. The van der Waals surface area contributed by atoms with E-state index in [9.17, 15) is 4.79 Å². The minimum Gasteiger partial charge on any atom is -0.370 e. The van der Waals surface area contributed by atoms with Crippen LogP contribution in [0.15, 0.2) is 12.2 Å². The normalized spacial score (nSPS) is 11.1. The standard InChI is InChI=1S/C14H27NO/c1-2-3-4-5-6-7-8-9-10-11-12-13-14(15)16/h5-6H,2-4,7-13H2,1H3,(H2,15,16)/b6-5+. The number of rotatable bonds is 11. The van der Waals surface area contributed by atoms with Crippen LogP contribution in [0.5, 0.6) is 0 Å². The van der Waals surface area contributed by atoms with Crippen molar-refractivity contribution >= 4 is 5.91 Å². The molecule has 0 spiro atoms. The maximum Gasteiger partial charge on any atom is 0.217 e. The quantitative estimate of drug-likeness (QED) is 0.420. The van der Waals surface area contributed by atoms with E-state index in [-0.39, 0.29) is 5.91 Å². The van der Waals surface area contributed by atoms with Gasteiger partial charge in [-0.25, -0.2) is 0 Å². The highest BCUT2D eigenvalue weighted by Crippen LogP contribution is 2.07. The van der Waals surface area contributed by atoms with Crippen LogP contribution in [0.2, 0.25) is 0 Å². The topological polar surface area (TPSA) is 43.1 Å². The number of carbonyl (C=O) groups excluding carboxylic acids is 1. The van der Waals surface area contributed by atoms with Gasteiger partial charge in [-0.15, -0.1) is 0 Å². The number of allylic oxidation sites excluding steroid dienone is 2. The van der Waals surface area contributed by atoms with Crippen molar-refractivity contribution in [3.8, 4) is 0 Å². The minimum atomic E-state index is -0.168. The fraction of sp³-hybridized carbons (Fsp3) is 0.786. The van der Waals surface area contributed by atoms with Crippen LogP contribution in [-0.4, -0.2) is 5.91 Å². The average Bonchev–Trinajstić information content (AvgIpc) is 2.25. The Morgan fingerprint density at radius 2 is 1.50 bits per heavy atom. The molecule has 0 aliphatic rings. The highest BCUT2D eigenvalue weighted by molar-refractivity contribution is 5.73. The lowest BCUT2D eigenvalue weighted by Crippen LogP contribution is -2.09. The summed E-state index contributed by atoms with van der Waals surface area (Å²) in [6.45, 7) is 2.22. The average molecular weight is 225 g/mol. The maximum atomic E-state index is 10.5. The van der Waals surface area contributed by atoms with Gasteiger partial charge in [0.1, 0.15) is 0 Å². The van der Waals surface area contributed by atoms with E-state index < -0.39 is 0 Å². The summed E-state index contributed by atoms with van der Waals surface area (Å²) in [5.74, 6) is -0.168. The summed E-state index contributed by atoms with van der Waals surface area (Å²) in [4.78, 5) is 10.5. The summed E-state index contributed by atoms with van der Waals surface area (Å²) in [7, 11) is 0. The molecule has 0 aromatic rings. The number of hydrogen-bond donors (Lipinski definition) is 1. The number of primary amides is 1. The third-order valence-corrected chi connectivity index (χ3v) is 2.68. The van der Waals surface area contributed by atoms with Crippen molar-refractivity contribution in [1.29, 1.82) is 0 Å². The summed E-state index contributed by atoms with van der Waals surface area (Å²) >= 11 is 0. The first-order valence-electron chi connectivity index (χ1n) is 6.70. The second-order valence-electron chi connectivity index (χ2n) is 4.39. The van der Waals surface area contributed by atoms with Crippen LogP contribution in [-0.2, 0) is 4.79 Å². The van der Waals surface area contributed by atoms with Crippen LogP contribution >= 0.6 is 0 Å². The third-order valence-electron chi connectivity index (χ3n) is 2.68. The molecule has 94 valence electrons. The molecule has 0 radical (unpaired) electrons. The molecule has 0 aliphatic carbocycles. The van der Waals surface area contributed by atoms with Crippen LogP contribution in [0.1, 0.15) is 71.1 Å². The van der Waals surface area contributed by atoms with Crippen molar-refractivity contribution in [2.24, 2.45) is 5.73 Å². The SMILES string of the molecule is CCCC/C=C/CCCCCCCC(N)=O. The number of hydrogen-bond acceptors (Lipinski definition) is 1. The van der Waals surface area contributed by atoms with Gasteiger partial charge in [-0.2, -0.15) is 0 Å². The molecule has 0 bridgehead atoms. The van der Waals surface area contributed by atoms with Crippen molar-refractivity contribution in [3.05, 3.63) is 12.2 Å².